The molecule has 0 bridgehead atoms. The first-order chi connectivity index (χ1) is 12.8. The topological polar surface area (TPSA) is 66.8 Å². The molecule has 0 radical (unpaired) electrons. The number of hydrogen-bond acceptors (Lipinski definition) is 4. The average Bonchev–Trinajstić information content (AvgIpc) is 2.65. The fourth-order valence-electron chi connectivity index (χ4n) is 3.77. The van der Waals surface area contributed by atoms with Crippen molar-refractivity contribution in [2.24, 2.45) is 0 Å². The minimum absolute atomic E-state index is 0.257. The third kappa shape index (κ3) is 3.44. The van der Waals surface area contributed by atoms with Crippen molar-refractivity contribution in [1.29, 1.82) is 0 Å². The largest absolute Gasteiger partial charge is 0.453 e. The van der Waals surface area contributed by atoms with Gasteiger partial charge in [-0.2, -0.15) is 8.42 Å². The number of nitrogens with zero attached hydrogens (tertiary/aromatic N) is 1. The van der Waals surface area contributed by atoms with E-state index in [2.05, 4.69) is 13.0 Å². The first-order valence-corrected chi connectivity index (χ1v) is 11.1. The van der Waals surface area contributed by atoms with Crippen LogP contribution in [0.4, 0.5) is 11.4 Å². The maximum Gasteiger partial charge on any atom is 0.286 e. The van der Waals surface area contributed by atoms with Gasteiger partial charge in [0.05, 0.1) is 11.4 Å². The van der Waals surface area contributed by atoms with E-state index in [1.807, 2.05) is 38.1 Å². The van der Waals surface area contributed by atoms with Gasteiger partial charge >= 0.3 is 0 Å². The lowest BCUT2D eigenvalue weighted by Crippen LogP contribution is -2.39. The molecule has 1 aliphatic heterocycles. The van der Waals surface area contributed by atoms with Crippen LogP contribution >= 0.6 is 0 Å². The van der Waals surface area contributed by atoms with Crippen molar-refractivity contribution < 1.29 is 17.7 Å². The standard InChI is InChI=1S/C21H27NO4S/c1-5-14-12-16(7-3)20-18(13-14)26-21-15(6-2)10-9-11-17(21)22(20)19(8-4)27(23,24)25/h9-13,19H,5-8H2,1-4H3,(H,23,24,25). The molecule has 1 unspecified atom stereocenters. The monoisotopic (exact) mass is 389 g/mol. The van der Waals surface area contributed by atoms with E-state index in [1.165, 1.54) is 0 Å². The zero-order chi connectivity index (χ0) is 19.8. The Kier molecular flexibility index (Phi) is 5.49. The van der Waals surface area contributed by atoms with Crippen molar-refractivity contribution in [1.82, 2.24) is 0 Å². The molecule has 0 saturated carbocycles. The molecular formula is C21H27NO4S. The van der Waals surface area contributed by atoms with E-state index in [-0.39, 0.29) is 6.42 Å². The zero-order valence-corrected chi connectivity index (χ0v) is 17.1. The van der Waals surface area contributed by atoms with Gasteiger partial charge in [-0.25, -0.2) is 0 Å². The molecule has 5 nitrogen and oxygen atoms in total. The van der Waals surface area contributed by atoms with Crippen LogP contribution < -0.4 is 9.64 Å². The van der Waals surface area contributed by atoms with Crippen molar-refractivity contribution >= 4 is 21.5 Å². The van der Waals surface area contributed by atoms with Crippen molar-refractivity contribution in [3.8, 4) is 11.5 Å². The smallest absolute Gasteiger partial charge is 0.286 e. The Morgan fingerprint density at radius 2 is 1.74 bits per heavy atom. The van der Waals surface area contributed by atoms with E-state index in [0.29, 0.717) is 17.2 Å². The highest BCUT2D eigenvalue weighted by molar-refractivity contribution is 7.86. The summed E-state index contributed by atoms with van der Waals surface area (Å²) in [4.78, 5) is 1.75. The maximum atomic E-state index is 12.2. The van der Waals surface area contributed by atoms with Crippen LogP contribution in [-0.2, 0) is 29.4 Å². The van der Waals surface area contributed by atoms with E-state index in [9.17, 15) is 13.0 Å². The average molecular weight is 390 g/mol. The van der Waals surface area contributed by atoms with E-state index < -0.39 is 15.5 Å². The fraction of sp³-hybridized carbons (Fsp3) is 0.429. The fourth-order valence-corrected chi connectivity index (χ4v) is 4.67. The van der Waals surface area contributed by atoms with Crippen LogP contribution in [0.3, 0.4) is 0 Å². The lowest BCUT2D eigenvalue weighted by molar-refractivity contribution is 0.448. The highest BCUT2D eigenvalue weighted by atomic mass is 32.2. The summed E-state index contributed by atoms with van der Waals surface area (Å²) in [7, 11) is -4.29. The highest BCUT2D eigenvalue weighted by Crippen LogP contribution is 2.52. The maximum absolute atomic E-state index is 12.2. The van der Waals surface area contributed by atoms with Crippen LogP contribution in [0, 0.1) is 0 Å². The van der Waals surface area contributed by atoms with Gasteiger partial charge in [-0.05, 0) is 54.5 Å². The van der Waals surface area contributed by atoms with Crippen LogP contribution in [-0.4, -0.2) is 18.3 Å². The van der Waals surface area contributed by atoms with Gasteiger partial charge < -0.3 is 9.64 Å². The van der Waals surface area contributed by atoms with E-state index in [1.54, 1.807) is 11.8 Å². The van der Waals surface area contributed by atoms with E-state index in [0.717, 1.165) is 41.6 Å². The summed E-state index contributed by atoms with van der Waals surface area (Å²) in [6.45, 7) is 7.93. The Labute approximate surface area is 161 Å². The SMILES string of the molecule is CCc1cc(CC)c2c(c1)Oc1c(CC)cccc1N2C(CC)S(=O)(=O)O. The van der Waals surface area contributed by atoms with Gasteiger partial charge in [-0.3, -0.25) is 4.55 Å². The number of ether oxygens (including phenoxy) is 1. The first-order valence-electron chi connectivity index (χ1n) is 9.56. The molecular weight excluding hydrogens is 362 g/mol. The van der Waals surface area contributed by atoms with Gasteiger partial charge in [-0.15, -0.1) is 0 Å². The Balaban J connectivity index is 2.36. The van der Waals surface area contributed by atoms with Gasteiger partial charge in [0.25, 0.3) is 10.1 Å². The Bertz CT molecular complexity index is 953. The number of para-hydroxylation sites is 1. The molecule has 0 saturated heterocycles. The van der Waals surface area contributed by atoms with Gasteiger partial charge in [0.2, 0.25) is 0 Å². The summed E-state index contributed by atoms with van der Waals surface area (Å²) in [6, 6.07) is 9.83. The quantitative estimate of drug-likeness (QED) is 0.684. The molecule has 2 aromatic rings. The third-order valence-electron chi connectivity index (χ3n) is 5.15. The molecule has 0 amide bonds. The van der Waals surface area contributed by atoms with E-state index in [4.69, 9.17) is 4.74 Å². The second kappa shape index (κ2) is 7.52. The molecule has 3 rings (SSSR count). The minimum Gasteiger partial charge on any atom is -0.453 e. The molecule has 0 fully saturated rings. The highest BCUT2D eigenvalue weighted by Gasteiger charge is 2.37. The van der Waals surface area contributed by atoms with Crippen molar-refractivity contribution in [3.05, 3.63) is 47.0 Å². The molecule has 0 aliphatic carbocycles. The van der Waals surface area contributed by atoms with Crippen LogP contribution in [0.5, 0.6) is 11.5 Å². The van der Waals surface area contributed by atoms with Gasteiger partial charge in [0, 0.05) is 0 Å². The number of rotatable bonds is 6. The van der Waals surface area contributed by atoms with Crippen LogP contribution in [0.15, 0.2) is 30.3 Å². The molecule has 146 valence electrons. The zero-order valence-electron chi connectivity index (χ0n) is 16.3. The minimum atomic E-state index is -4.29. The number of benzene rings is 2. The molecule has 1 N–H and O–H groups in total. The van der Waals surface area contributed by atoms with Crippen LogP contribution in [0.1, 0.15) is 50.8 Å². The van der Waals surface area contributed by atoms with Crippen molar-refractivity contribution in [2.45, 2.75) is 58.8 Å². The molecule has 0 spiro atoms. The second-order valence-corrected chi connectivity index (χ2v) is 8.35. The predicted molar refractivity (Wildman–Crippen MR) is 109 cm³/mol. The van der Waals surface area contributed by atoms with Gasteiger partial charge in [0.1, 0.15) is 0 Å². The summed E-state index contributed by atoms with van der Waals surface area (Å²) in [5.74, 6) is 1.33. The lowest BCUT2D eigenvalue weighted by atomic mass is 9.99. The molecule has 6 heteroatoms. The summed E-state index contributed by atoms with van der Waals surface area (Å²) in [5.41, 5.74) is 4.58. The Morgan fingerprint density at radius 3 is 2.30 bits per heavy atom. The summed E-state index contributed by atoms with van der Waals surface area (Å²) >= 11 is 0. The number of fused-ring (bicyclic) bond motifs is 2. The van der Waals surface area contributed by atoms with Crippen molar-refractivity contribution in [2.75, 3.05) is 4.90 Å². The predicted octanol–water partition coefficient (Wildman–Crippen LogP) is 5.24. The molecule has 1 aliphatic rings. The molecule has 2 aromatic carbocycles. The Morgan fingerprint density at radius 1 is 1.04 bits per heavy atom. The number of hydrogen-bond donors (Lipinski definition) is 1. The molecule has 1 heterocycles. The first kappa shape index (κ1) is 19.7. The number of anilines is 2. The second-order valence-electron chi connectivity index (χ2n) is 6.78. The van der Waals surface area contributed by atoms with Crippen LogP contribution in [0.2, 0.25) is 0 Å². The van der Waals surface area contributed by atoms with Crippen LogP contribution in [0.25, 0.3) is 0 Å². The Hall–Kier alpha value is -2.05. The molecule has 1 atom stereocenters. The molecule has 27 heavy (non-hydrogen) atoms. The molecule has 0 aromatic heterocycles. The normalized spacial score (nSPS) is 14.3. The lowest BCUT2D eigenvalue weighted by Gasteiger charge is -2.39. The van der Waals surface area contributed by atoms with Gasteiger partial charge in [0.15, 0.2) is 16.9 Å². The van der Waals surface area contributed by atoms with Gasteiger partial charge in [-0.1, -0.05) is 45.9 Å². The summed E-state index contributed by atoms with van der Waals surface area (Å²) in [6.07, 6.45) is 2.62. The van der Waals surface area contributed by atoms with E-state index >= 15 is 0 Å². The number of aryl methyl sites for hydroxylation is 3. The van der Waals surface area contributed by atoms with Crippen molar-refractivity contribution in [3.63, 3.8) is 0 Å². The summed E-state index contributed by atoms with van der Waals surface area (Å²) in [5, 5.41) is -1.07. The summed E-state index contributed by atoms with van der Waals surface area (Å²) < 4.78 is 40.7. The third-order valence-corrected chi connectivity index (χ3v) is 6.38.